The number of fused-ring (bicyclic) bond motifs is 1. The van der Waals surface area contributed by atoms with Crippen molar-refractivity contribution in [2.24, 2.45) is 0 Å². The molecule has 0 fully saturated rings. The van der Waals surface area contributed by atoms with Gasteiger partial charge in [-0.05, 0) is 55.9 Å². The Morgan fingerprint density at radius 3 is 2.47 bits per heavy atom. The number of H-pyrrole nitrogens is 1. The molecule has 0 aliphatic heterocycles. The summed E-state index contributed by atoms with van der Waals surface area (Å²) < 4.78 is 12.4. The number of ether oxygens (including phenoxy) is 2. The maximum absolute atomic E-state index is 13.1. The highest BCUT2D eigenvalue weighted by molar-refractivity contribution is 5.51. The molecule has 4 aromatic rings. The van der Waals surface area contributed by atoms with E-state index in [0.717, 1.165) is 24.8 Å². The van der Waals surface area contributed by atoms with Gasteiger partial charge < -0.3 is 19.6 Å². The normalized spacial score (nSPS) is 13.0. The number of benzene rings is 2. The minimum atomic E-state index is -0.442. The SMILES string of the molecule is COc1ccc(Cc2nn3c(C(C)(CCO)CCCc4ccccc4)nc(C)c3c(=O)[nH]2)cc1OC. The maximum Gasteiger partial charge on any atom is 0.277 e. The van der Waals surface area contributed by atoms with Crippen LogP contribution in [-0.4, -0.2) is 45.5 Å². The van der Waals surface area contributed by atoms with E-state index in [4.69, 9.17) is 19.6 Å². The van der Waals surface area contributed by atoms with E-state index in [1.54, 1.807) is 18.7 Å². The first-order chi connectivity index (χ1) is 17.4. The third-order valence-corrected chi connectivity index (χ3v) is 6.78. The summed E-state index contributed by atoms with van der Waals surface area (Å²) in [5, 5.41) is 14.7. The molecule has 2 heterocycles. The molecule has 1 unspecified atom stereocenters. The van der Waals surface area contributed by atoms with Crippen LogP contribution in [-0.2, 0) is 18.3 Å². The van der Waals surface area contributed by atoms with Crippen molar-refractivity contribution < 1.29 is 14.6 Å². The summed E-state index contributed by atoms with van der Waals surface area (Å²) in [5.74, 6) is 2.48. The Bertz CT molecular complexity index is 1380. The van der Waals surface area contributed by atoms with Crippen LogP contribution in [0.5, 0.6) is 11.5 Å². The Hall–Kier alpha value is -3.65. The highest BCUT2D eigenvalue weighted by Crippen LogP contribution is 2.33. The van der Waals surface area contributed by atoms with Crippen LogP contribution in [0.1, 0.15) is 54.7 Å². The molecule has 4 rings (SSSR count). The number of methoxy groups -OCH3 is 2. The second-order valence-corrected chi connectivity index (χ2v) is 9.42. The molecule has 36 heavy (non-hydrogen) atoms. The van der Waals surface area contributed by atoms with E-state index in [9.17, 15) is 9.90 Å². The maximum atomic E-state index is 13.1. The number of hydrogen-bond acceptors (Lipinski definition) is 6. The summed E-state index contributed by atoms with van der Waals surface area (Å²) in [4.78, 5) is 20.8. The van der Waals surface area contributed by atoms with Gasteiger partial charge in [0, 0.05) is 18.4 Å². The second-order valence-electron chi connectivity index (χ2n) is 9.42. The van der Waals surface area contributed by atoms with E-state index < -0.39 is 5.41 Å². The number of aryl methyl sites for hydroxylation is 2. The number of nitrogens with zero attached hydrogens (tertiary/aromatic N) is 3. The van der Waals surface area contributed by atoms with Gasteiger partial charge in [-0.1, -0.05) is 43.3 Å². The molecular weight excluding hydrogens is 456 g/mol. The number of rotatable bonds is 11. The molecule has 2 N–H and O–H groups in total. The minimum Gasteiger partial charge on any atom is -0.493 e. The van der Waals surface area contributed by atoms with E-state index in [1.807, 2.05) is 43.3 Å². The monoisotopic (exact) mass is 490 g/mol. The number of hydrogen-bond donors (Lipinski definition) is 2. The van der Waals surface area contributed by atoms with Gasteiger partial charge in [0.25, 0.3) is 5.56 Å². The molecular formula is C28H34N4O4. The number of nitrogens with one attached hydrogen (secondary N) is 1. The molecule has 8 heteroatoms. The summed E-state index contributed by atoms with van der Waals surface area (Å²) in [7, 11) is 3.19. The second kappa shape index (κ2) is 11.0. The van der Waals surface area contributed by atoms with Gasteiger partial charge in [0.15, 0.2) is 17.0 Å². The molecule has 0 saturated carbocycles. The van der Waals surface area contributed by atoms with Gasteiger partial charge in [-0.15, -0.1) is 0 Å². The summed E-state index contributed by atoms with van der Waals surface area (Å²) in [6.45, 7) is 3.95. The van der Waals surface area contributed by atoms with Crippen molar-refractivity contribution in [3.8, 4) is 11.5 Å². The van der Waals surface area contributed by atoms with Crippen LogP contribution in [0.3, 0.4) is 0 Å². The Labute approximate surface area is 210 Å². The Morgan fingerprint density at radius 1 is 1.03 bits per heavy atom. The largest absolute Gasteiger partial charge is 0.493 e. The molecule has 1 atom stereocenters. The summed E-state index contributed by atoms with van der Waals surface area (Å²) in [6.07, 6.45) is 3.60. The van der Waals surface area contributed by atoms with E-state index in [1.165, 1.54) is 5.56 Å². The van der Waals surface area contributed by atoms with Crippen molar-refractivity contribution >= 4 is 5.52 Å². The van der Waals surface area contributed by atoms with Gasteiger partial charge in [-0.2, -0.15) is 5.10 Å². The van der Waals surface area contributed by atoms with Gasteiger partial charge in [0.2, 0.25) is 0 Å². The van der Waals surface area contributed by atoms with Crippen molar-refractivity contribution in [1.82, 2.24) is 19.6 Å². The van der Waals surface area contributed by atoms with Crippen LogP contribution < -0.4 is 15.0 Å². The lowest BCUT2D eigenvalue weighted by Gasteiger charge is -2.27. The lowest BCUT2D eigenvalue weighted by molar-refractivity contribution is 0.229. The Balaban J connectivity index is 1.68. The number of aromatic nitrogens is 4. The fourth-order valence-electron chi connectivity index (χ4n) is 4.79. The average Bonchev–Trinajstić information content (AvgIpc) is 3.22. The molecule has 0 bridgehead atoms. The van der Waals surface area contributed by atoms with Gasteiger partial charge >= 0.3 is 0 Å². The first-order valence-electron chi connectivity index (χ1n) is 12.2. The quantitative estimate of drug-likeness (QED) is 0.330. The average molecular weight is 491 g/mol. The minimum absolute atomic E-state index is 0.0253. The Morgan fingerprint density at radius 2 is 1.78 bits per heavy atom. The molecule has 0 radical (unpaired) electrons. The molecule has 0 aliphatic carbocycles. The standard InChI is InChI=1S/C28H34N4O4/c1-19-25-26(34)30-24(18-21-12-13-22(35-3)23(17-21)36-4)31-32(25)27(29-19)28(2,15-16-33)14-8-11-20-9-6-5-7-10-20/h5-7,9-10,12-13,17,33H,8,11,14-16,18H2,1-4H3,(H,30,31,34). The highest BCUT2D eigenvalue weighted by Gasteiger charge is 2.32. The fraction of sp³-hybridized carbons (Fsp3) is 0.393. The van der Waals surface area contributed by atoms with Gasteiger partial charge in [-0.25, -0.2) is 9.50 Å². The number of aliphatic hydroxyl groups excluding tert-OH is 1. The molecule has 2 aromatic heterocycles. The van der Waals surface area contributed by atoms with Crippen molar-refractivity contribution in [3.63, 3.8) is 0 Å². The van der Waals surface area contributed by atoms with Gasteiger partial charge in [0.05, 0.1) is 19.9 Å². The van der Waals surface area contributed by atoms with Crippen LogP contribution in [0.4, 0.5) is 0 Å². The highest BCUT2D eigenvalue weighted by atomic mass is 16.5. The summed E-state index contributed by atoms with van der Waals surface area (Å²) >= 11 is 0. The van der Waals surface area contributed by atoms with Crippen LogP contribution in [0, 0.1) is 6.92 Å². The third-order valence-electron chi connectivity index (χ3n) is 6.78. The Kier molecular flexibility index (Phi) is 7.74. The van der Waals surface area contributed by atoms with Crippen molar-refractivity contribution in [3.05, 3.63) is 87.4 Å². The predicted molar refractivity (Wildman–Crippen MR) is 139 cm³/mol. The van der Waals surface area contributed by atoms with Crippen LogP contribution in [0.15, 0.2) is 53.3 Å². The van der Waals surface area contributed by atoms with Gasteiger partial charge in [-0.3, -0.25) is 4.79 Å². The third kappa shape index (κ3) is 5.28. The topological polar surface area (TPSA) is 102 Å². The van der Waals surface area contributed by atoms with Crippen molar-refractivity contribution in [2.45, 2.75) is 51.4 Å². The zero-order valence-electron chi connectivity index (χ0n) is 21.4. The fourth-order valence-corrected chi connectivity index (χ4v) is 4.79. The van der Waals surface area contributed by atoms with Gasteiger partial charge in [0.1, 0.15) is 11.6 Å². The zero-order valence-corrected chi connectivity index (χ0v) is 21.4. The first-order valence-corrected chi connectivity index (χ1v) is 12.2. The number of aromatic amines is 1. The molecule has 2 aromatic carbocycles. The van der Waals surface area contributed by atoms with Crippen molar-refractivity contribution in [2.75, 3.05) is 20.8 Å². The number of imidazole rings is 1. The molecule has 8 nitrogen and oxygen atoms in total. The smallest absolute Gasteiger partial charge is 0.277 e. The molecule has 0 aliphatic rings. The van der Waals surface area contributed by atoms with Crippen LogP contribution in [0.2, 0.25) is 0 Å². The lowest BCUT2D eigenvalue weighted by atomic mass is 9.80. The van der Waals surface area contributed by atoms with E-state index in [2.05, 4.69) is 24.0 Å². The molecule has 0 amide bonds. The van der Waals surface area contributed by atoms with E-state index in [0.29, 0.717) is 47.2 Å². The number of aliphatic hydroxyl groups is 1. The first kappa shape index (κ1) is 25.4. The summed E-state index contributed by atoms with van der Waals surface area (Å²) in [5.41, 5.74) is 2.60. The van der Waals surface area contributed by atoms with E-state index in [-0.39, 0.29) is 12.2 Å². The van der Waals surface area contributed by atoms with Crippen LogP contribution >= 0.6 is 0 Å². The molecule has 190 valence electrons. The molecule has 0 saturated heterocycles. The lowest BCUT2D eigenvalue weighted by Crippen LogP contribution is -2.29. The summed E-state index contributed by atoms with van der Waals surface area (Å²) in [6, 6.07) is 16.0. The predicted octanol–water partition coefficient (Wildman–Crippen LogP) is 4.00. The van der Waals surface area contributed by atoms with Crippen molar-refractivity contribution in [1.29, 1.82) is 0 Å². The zero-order chi connectivity index (χ0) is 25.7. The molecule has 0 spiro atoms. The van der Waals surface area contributed by atoms with Crippen LogP contribution in [0.25, 0.3) is 5.52 Å². The van der Waals surface area contributed by atoms with E-state index >= 15 is 0 Å².